The number of amides is 1. The van der Waals surface area contributed by atoms with E-state index in [4.69, 9.17) is 0 Å². The highest BCUT2D eigenvalue weighted by atomic mass is 19.1. The van der Waals surface area contributed by atoms with Gasteiger partial charge in [-0.25, -0.2) is 4.39 Å². The maximum absolute atomic E-state index is 12.9. The number of rotatable bonds is 2. The number of nitrogens with one attached hydrogen (secondary N) is 1. The van der Waals surface area contributed by atoms with E-state index >= 15 is 0 Å². The van der Waals surface area contributed by atoms with Crippen molar-refractivity contribution in [3.05, 3.63) is 59.9 Å². The van der Waals surface area contributed by atoms with E-state index in [-0.39, 0.29) is 11.3 Å². The van der Waals surface area contributed by atoms with Crippen LogP contribution < -0.4 is 5.32 Å². The quantitative estimate of drug-likeness (QED) is 0.834. The Morgan fingerprint density at radius 1 is 1.12 bits per heavy atom. The number of hydrogen-bond donors (Lipinski definition) is 2. The molecule has 0 spiro atoms. The van der Waals surface area contributed by atoms with Crippen molar-refractivity contribution in [3.63, 3.8) is 0 Å². The molecule has 2 N–H and O–H groups in total. The van der Waals surface area contributed by atoms with Gasteiger partial charge in [-0.05, 0) is 30.3 Å². The minimum atomic E-state index is -0.464. The van der Waals surface area contributed by atoms with Crippen LogP contribution in [0.5, 0.6) is 5.75 Å². The first kappa shape index (κ1) is 11.1. The molecule has 0 fully saturated rings. The zero-order chi connectivity index (χ0) is 12.3. The molecule has 2 aromatic carbocycles. The lowest BCUT2D eigenvalue weighted by molar-refractivity contribution is 0.102. The number of phenolic OH excluding ortho intramolecular Hbond substituents is 1. The van der Waals surface area contributed by atoms with Gasteiger partial charge in [0.1, 0.15) is 11.6 Å². The fraction of sp³-hybridized carbons (Fsp3) is 0. The number of carbonyl (C=O) groups excluding carboxylic acids is 1. The molecule has 2 rings (SSSR count). The summed E-state index contributed by atoms with van der Waals surface area (Å²) in [6.07, 6.45) is 0. The Morgan fingerprint density at radius 2 is 1.88 bits per heavy atom. The second-order valence-electron chi connectivity index (χ2n) is 3.51. The van der Waals surface area contributed by atoms with Crippen LogP contribution in [0.1, 0.15) is 10.4 Å². The van der Waals surface area contributed by atoms with Crippen LogP contribution in [0.15, 0.2) is 48.5 Å². The Labute approximate surface area is 97.5 Å². The second-order valence-corrected chi connectivity index (χ2v) is 3.51. The van der Waals surface area contributed by atoms with Crippen LogP contribution in [0.2, 0.25) is 0 Å². The van der Waals surface area contributed by atoms with Crippen molar-refractivity contribution >= 4 is 11.6 Å². The van der Waals surface area contributed by atoms with Crippen LogP contribution in [0.3, 0.4) is 0 Å². The van der Waals surface area contributed by atoms with Gasteiger partial charge in [0.15, 0.2) is 0 Å². The lowest BCUT2D eigenvalue weighted by atomic mass is 10.2. The Hall–Kier alpha value is -2.36. The number of anilines is 1. The SMILES string of the molecule is O=C(Nc1cccc(O)c1)c1cccc(F)c1. The molecule has 2 aromatic rings. The van der Waals surface area contributed by atoms with E-state index in [0.717, 1.165) is 6.07 Å². The second kappa shape index (κ2) is 4.65. The average Bonchev–Trinajstić information content (AvgIpc) is 2.29. The number of aromatic hydroxyl groups is 1. The summed E-state index contributed by atoms with van der Waals surface area (Å²) in [5.41, 5.74) is 0.688. The van der Waals surface area contributed by atoms with Crippen LogP contribution in [0.4, 0.5) is 10.1 Å². The molecule has 17 heavy (non-hydrogen) atoms. The summed E-state index contributed by atoms with van der Waals surface area (Å²) in [6, 6.07) is 11.6. The fourth-order valence-electron chi connectivity index (χ4n) is 1.42. The van der Waals surface area contributed by atoms with Crippen molar-refractivity contribution < 1.29 is 14.3 Å². The molecule has 0 saturated carbocycles. The van der Waals surface area contributed by atoms with E-state index < -0.39 is 11.7 Å². The van der Waals surface area contributed by atoms with Gasteiger partial charge in [0.2, 0.25) is 0 Å². The van der Waals surface area contributed by atoms with E-state index in [9.17, 15) is 14.3 Å². The largest absolute Gasteiger partial charge is 0.508 e. The zero-order valence-corrected chi connectivity index (χ0v) is 8.85. The van der Waals surface area contributed by atoms with E-state index in [0.29, 0.717) is 5.69 Å². The summed E-state index contributed by atoms with van der Waals surface area (Å²) in [4.78, 5) is 11.7. The Bertz CT molecular complexity index is 555. The van der Waals surface area contributed by atoms with Gasteiger partial charge in [0, 0.05) is 17.3 Å². The normalized spacial score (nSPS) is 9.94. The highest BCUT2D eigenvalue weighted by molar-refractivity contribution is 6.04. The minimum Gasteiger partial charge on any atom is -0.508 e. The molecule has 0 aromatic heterocycles. The Kier molecular flexibility index (Phi) is 3.05. The van der Waals surface area contributed by atoms with E-state index in [1.807, 2.05) is 0 Å². The van der Waals surface area contributed by atoms with Crippen LogP contribution in [-0.2, 0) is 0 Å². The molecule has 0 unspecified atom stereocenters. The van der Waals surface area contributed by atoms with Gasteiger partial charge in [-0.2, -0.15) is 0 Å². The molecule has 0 aliphatic heterocycles. The maximum Gasteiger partial charge on any atom is 0.255 e. The molecular formula is C13H10FNO2. The fourth-order valence-corrected chi connectivity index (χ4v) is 1.42. The van der Waals surface area contributed by atoms with Crippen molar-refractivity contribution in [1.82, 2.24) is 0 Å². The number of carbonyl (C=O) groups is 1. The molecule has 86 valence electrons. The number of hydrogen-bond acceptors (Lipinski definition) is 2. The lowest BCUT2D eigenvalue weighted by Gasteiger charge is -2.05. The first-order chi connectivity index (χ1) is 8.15. The summed E-state index contributed by atoms with van der Waals surface area (Å²) in [5.74, 6) is -0.828. The van der Waals surface area contributed by atoms with Crippen LogP contribution in [-0.4, -0.2) is 11.0 Å². The monoisotopic (exact) mass is 231 g/mol. The first-order valence-corrected chi connectivity index (χ1v) is 5.01. The van der Waals surface area contributed by atoms with Gasteiger partial charge in [0.05, 0.1) is 0 Å². The summed E-state index contributed by atoms with van der Waals surface area (Å²) in [5, 5.41) is 11.8. The molecule has 0 aliphatic carbocycles. The van der Waals surface area contributed by atoms with E-state index in [2.05, 4.69) is 5.32 Å². The average molecular weight is 231 g/mol. The molecule has 3 nitrogen and oxygen atoms in total. The Morgan fingerprint density at radius 3 is 2.59 bits per heavy atom. The molecule has 4 heteroatoms. The van der Waals surface area contributed by atoms with Gasteiger partial charge in [-0.3, -0.25) is 4.79 Å². The molecule has 0 aliphatic rings. The third kappa shape index (κ3) is 2.81. The van der Waals surface area contributed by atoms with Crippen molar-refractivity contribution in [2.24, 2.45) is 0 Å². The van der Waals surface area contributed by atoms with Crippen molar-refractivity contribution in [3.8, 4) is 5.75 Å². The number of halogens is 1. The molecule has 0 bridgehead atoms. The van der Waals surface area contributed by atoms with Gasteiger partial charge in [-0.1, -0.05) is 12.1 Å². The van der Waals surface area contributed by atoms with Gasteiger partial charge in [-0.15, -0.1) is 0 Å². The minimum absolute atomic E-state index is 0.0574. The summed E-state index contributed by atoms with van der Waals surface area (Å²) in [7, 11) is 0. The molecule has 0 atom stereocenters. The first-order valence-electron chi connectivity index (χ1n) is 5.01. The lowest BCUT2D eigenvalue weighted by Crippen LogP contribution is -2.11. The third-order valence-electron chi connectivity index (χ3n) is 2.19. The molecule has 1 amide bonds. The van der Waals surface area contributed by atoms with Crippen LogP contribution >= 0.6 is 0 Å². The highest BCUT2D eigenvalue weighted by Gasteiger charge is 2.06. The van der Waals surface area contributed by atoms with Crippen molar-refractivity contribution in [2.45, 2.75) is 0 Å². The summed E-state index contributed by atoms with van der Waals surface area (Å²) < 4.78 is 12.9. The standard InChI is InChI=1S/C13H10FNO2/c14-10-4-1-3-9(7-10)13(17)15-11-5-2-6-12(16)8-11/h1-8,16H,(H,15,17). The van der Waals surface area contributed by atoms with Crippen LogP contribution in [0.25, 0.3) is 0 Å². The zero-order valence-electron chi connectivity index (χ0n) is 8.85. The molecule has 0 heterocycles. The third-order valence-corrected chi connectivity index (χ3v) is 2.19. The molecule has 0 saturated heterocycles. The maximum atomic E-state index is 12.9. The van der Waals surface area contributed by atoms with Crippen LogP contribution in [0, 0.1) is 5.82 Å². The van der Waals surface area contributed by atoms with Gasteiger partial charge >= 0.3 is 0 Å². The number of phenols is 1. The Balaban J connectivity index is 2.17. The number of benzene rings is 2. The van der Waals surface area contributed by atoms with Crippen molar-refractivity contribution in [1.29, 1.82) is 0 Å². The van der Waals surface area contributed by atoms with Crippen molar-refractivity contribution in [2.75, 3.05) is 5.32 Å². The summed E-state index contributed by atoms with van der Waals surface area (Å²) in [6.45, 7) is 0. The van der Waals surface area contributed by atoms with Gasteiger partial charge in [0.25, 0.3) is 5.91 Å². The smallest absolute Gasteiger partial charge is 0.255 e. The van der Waals surface area contributed by atoms with Gasteiger partial charge < -0.3 is 10.4 Å². The molecular weight excluding hydrogens is 221 g/mol. The van der Waals surface area contributed by atoms with E-state index in [1.54, 1.807) is 12.1 Å². The highest BCUT2D eigenvalue weighted by Crippen LogP contribution is 2.16. The predicted octanol–water partition coefficient (Wildman–Crippen LogP) is 2.78. The topological polar surface area (TPSA) is 49.3 Å². The van der Waals surface area contributed by atoms with E-state index in [1.165, 1.54) is 30.3 Å². The summed E-state index contributed by atoms with van der Waals surface area (Å²) >= 11 is 0. The molecule has 0 radical (unpaired) electrons. The predicted molar refractivity (Wildman–Crippen MR) is 62.5 cm³/mol.